The van der Waals surface area contributed by atoms with Crippen LogP contribution in [0.1, 0.15) is 0 Å². The Kier molecular flexibility index (Phi) is 6.11. The van der Waals surface area contributed by atoms with Crippen molar-refractivity contribution < 1.29 is 0 Å². The standard InChI is InChI=1S/C5H6Cl2/c6-4-2-1-3-5-7/h1-4H,5H2. The topological polar surface area (TPSA) is 0 Å². The minimum absolute atomic E-state index is 0.543. The molecule has 0 atom stereocenters. The molecule has 0 nitrogen and oxygen atoms in total. The lowest BCUT2D eigenvalue weighted by atomic mass is 10.5. The fourth-order valence-electron chi connectivity index (χ4n) is 0.172. The molecule has 0 aliphatic carbocycles. The number of rotatable bonds is 2. The Morgan fingerprint density at radius 1 is 1.29 bits per heavy atom. The van der Waals surface area contributed by atoms with Crippen molar-refractivity contribution in [1.82, 2.24) is 0 Å². The number of alkyl halides is 1. The van der Waals surface area contributed by atoms with Gasteiger partial charge in [-0.2, -0.15) is 0 Å². The lowest BCUT2D eigenvalue weighted by molar-refractivity contribution is 1.74. The fraction of sp³-hybridized carbons (Fsp3) is 0.200. The van der Waals surface area contributed by atoms with Crippen molar-refractivity contribution in [1.29, 1.82) is 0 Å². The Hall–Kier alpha value is 0.0600. The van der Waals surface area contributed by atoms with Crippen LogP contribution in [0.5, 0.6) is 0 Å². The zero-order valence-electron chi connectivity index (χ0n) is 3.77. The predicted octanol–water partition coefficient (Wildman–Crippen LogP) is 2.53. The van der Waals surface area contributed by atoms with E-state index in [0.717, 1.165) is 0 Å². The number of halogens is 2. The average molecular weight is 137 g/mol. The van der Waals surface area contributed by atoms with Gasteiger partial charge < -0.3 is 0 Å². The molecule has 0 aromatic rings. The second-order valence-corrected chi connectivity index (χ2v) is 1.46. The van der Waals surface area contributed by atoms with Crippen molar-refractivity contribution in [2.45, 2.75) is 0 Å². The van der Waals surface area contributed by atoms with E-state index in [1.165, 1.54) is 5.54 Å². The van der Waals surface area contributed by atoms with E-state index in [1.54, 1.807) is 18.2 Å². The van der Waals surface area contributed by atoms with Gasteiger partial charge in [-0.3, -0.25) is 0 Å². The van der Waals surface area contributed by atoms with Crippen molar-refractivity contribution in [2.24, 2.45) is 0 Å². The minimum atomic E-state index is 0.543. The predicted molar refractivity (Wildman–Crippen MR) is 34.9 cm³/mol. The molecule has 7 heavy (non-hydrogen) atoms. The van der Waals surface area contributed by atoms with Crippen LogP contribution < -0.4 is 0 Å². The van der Waals surface area contributed by atoms with Gasteiger partial charge in [-0.1, -0.05) is 29.8 Å². The van der Waals surface area contributed by atoms with E-state index in [2.05, 4.69) is 0 Å². The molecular formula is C5H6Cl2. The van der Waals surface area contributed by atoms with Gasteiger partial charge in [0.1, 0.15) is 0 Å². The molecule has 0 saturated carbocycles. The molecular weight excluding hydrogens is 131 g/mol. The molecule has 2 heteroatoms. The van der Waals surface area contributed by atoms with Crippen molar-refractivity contribution in [2.75, 3.05) is 5.88 Å². The molecule has 0 heterocycles. The molecule has 0 spiro atoms. The second kappa shape index (κ2) is 6.06. The Bertz CT molecular complexity index is 74.1. The zero-order chi connectivity index (χ0) is 5.54. The number of allylic oxidation sites excluding steroid dienone is 3. The minimum Gasteiger partial charge on any atom is -0.122 e. The lowest BCUT2D eigenvalue weighted by Gasteiger charge is -1.68. The summed E-state index contributed by atoms with van der Waals surface area (Å²) in [5.41, 5.74) is 1.43. The van der Waals surface area contributed by atoms with Gasteiger partial charge >= 0.3 is 0 Å². The Balaban J connectivity index is 3.09. The van der Waals surface area contributed by atoms with Gasteiger partial charge in [0.25, 0.3) is 0 Å². The summed E-state index contributed by atoms with van der Waals surface area (Å²) >= 11 is 10.4. The number of hydrogen-bond acceptors (Lipinski definition) is 0. The third-order valence-corrected chi connectivity index (χ3v) is 0.733. The highest BCUT2D eigenvalue weighted by Gasteiger charge is 1.60. The van der Waals surface area contributed by atoms with Gasteiger partial charge in [0, 0.05) is 11.4 Å². The van der Waals surface area contributed by atoms with Gasteiger partial charge in [-0.05, 0) is 0 Å². The Morgan fingerprint density at radius 2 is 2.00 bits per heavy atom. The van der Waals surface area contributed by atoms with E-state index in [1.807, 2.05) is 0 Å². The van der Waals surface area contributed by atoms with Crippen LogP contribution in [0.25, 0.3) is 0 Å². The van der Waals surface area contributed by atoms with Crippen LogP contribution >= 0.6 is 23.2 Å². The molecule has 0 aliphatic heterocycles. The molecule has 0 bridgehead atoms. The van der Waals surface area contributed by atoms with E-state index in [9.17, 15) is 0 Å². The van der Waals surface area contributed by atoms with Crippen LogP contribution in [0.4, 0.5) is 0 Å². The maximum absolute atomic E-state index is 5.27. The molecule has 0 aromatic carbocycles. The first-order valence-electron chi connectivity index (χ1n) is 1.89. The average Bonchev–Trinajstić information content (AvgIpc) is 1.69. The largest absolute Gasteiger partial charge is 0.122 e. The fourth-order valence-corrected chi connectivity index (χ4v) is 0.359. The molecule has 0 amide bonds. The molecule has 40 valence electrons. The van der Waals surface area contributed by atoms with Crippen molar-refractivity contribution >= 4 is 23.2 Å². The molecule has 0 aromatic heterocycles. The third-order valence-electron chi connectivity index (χ3n) is 0.409. The summed E-state index contributed by atoms with van der Waals surface area (Å²) in [5, 5.41) is 0. The Morgan fingerprint density at radius 3 is 2.43 bits per heavy atom. The van der Waals surface area contributed by atoms with E-state index in [4.69, 9.17) is 23.2 Å². The van der Waals surface area contributed by atoms with Gasteiger partial charge in [0.15, 0.2) is 0 Å². The van der Waals surface area contributed by atoms with Crippen molar-refractivity contribution in [3.05, 3.63) is 23.8 Å². The molecule has 0 N–H and O–H groups in total. The smallest absolute Gasteiger partial charge is 0.0407 e. The van der Waals surface area contributed by atoms with Crippen LogP contribution in [0.3, 0.4) is 0 Å². The highest BCUT2D eigenvalue weighted by Crippen LogP contribution is 1.81. The van der Waals surface area contributed by atoms with E-state index in [-0.39, 0.29) is 0 Å². The summed E-state index contributed by atoms with van der Waals surface area (Å²) in [6.45, 7) is 0. The van der Waals surface area contributed by atoms with Crippen LogP contribution in [0.15, 0.2) is 23.8 Å². The normalized spacial score (nSPS) is 11.7. The van der Waals surface area contributed by atoms with Gasteiger partial charge in [0.05, 0.1) is 0 Å². The Labute approximate surface area is 53.4 Å². The first-order valence-corrected chi connectivity index (χ1v) is 2.86. The summed E-state index contributed by atoms with van der Waals surface area (Å²) in [6.07, 6.45) is 5.31. The van der Waals surface area contributed by atoms with Crippen LogP contribution in [0, 0.1) is 0 Å². The molecule has 0 rings (SSSR count). The molecule has 0 fully saturated rings. The van der Waals surface area contributed by atoms with Crippen LogP contribution in [-0.2, 0) is 0 Å². The van der Waals surface area contributed by atoms with Crippen molar-refractivity contribution in [3.63, 3.8) is 0 Å². The first-order chi connectivity index (χ1) is 3.41. The maximum atomic E-state index is 5.27. The summed E-state index contributed by atoms with van der Waals surface area (Å²) in [7, 11) is 0. The third kappa shape index (κ3) is 6.06. The second-order valence-electron chi connectivity index (χ2n) is 0.901. The molecule has 0 saturated heterocycles. The molecule has 0 unspecified atom stereocenters. The van der Waals surface area contributed by atoms with Gasteiger partial charge in [-0.15, -0.1) is 11.6 Å². The lowest BCUT2D eigenvalue weighted by Crippen LogP contribution is -1.53. The van der Waals surface area contributed by atoms with Gasteiger partial charge in [0.2, 0.25) is 0 Å². The highest BCUT2D eigenvalue weighted by molar-refractivity contribution is 6.25. The van der Waals surface area contributed by atoms with Crippen LogP contribution in [0.2, 0.25) is 0 Å². The quantitative estimate of drug-likeness (QED) is 0.405. The molecule has 0 radical (unpaired) electrons. The summed E-state index contributed by atoms with van der Waals surface area (Å²) in [6, 6.07) is 0. The van der Waals surface area contributed by atoms with E-state index in [0.29, 0.717) is 5.88 Å². The van der Waals surface area contributed by atoms with E-state index < -0.39 is 0 Å². The van der Waals surface area contributed by atoms with Crippen molar-refractivity contribution in [3.8, 4) is 0 Å². The first kappa shape index (κ1) is 7.06. The summed E-state index contributed by atoms with van der Waals surface area (Å²) in [4.78, 5) is 0. The summed E-state index contributed by atoms with van der Waals surface area (Å²) < 4.78 is 0. The zero-order valence-corrected chi connectivity index (χ0v) is 5.28. The maximum Gasteiger partial charge on any atom is 0.0407 e. The molecule has 0 aliphatic rings. The van der Waals surface area contributed by atoms with E-state index >= 15 is 0 Å². The van der Waals surface area contributed by atoms with Gasteiger partial charge in [-0.25, -0.2) is 0 Å². The number of hydrogen-bond donors (Lipinski definition) is 0. The summed E-state index contributed by atoms with van der Waals surface area (Å²) in [5.74, 6) is 0.543. The SMILES string of the molecule is ClC=CC=CCCl. The van der Waals surface area contributed by atoms with Crippen LogP contribution in [-0.4, -0.2) is 5.88 Å². The monoisotopic (exact) mass is 136 g/mol. The highest BCUT2D eigenvalue weighted by atomic mass is 35.5.